The van der Waals surface area contributed by atoms with Crippen LogP contribution in [0.15, 0.2) is 42.5 Å². The first-order chi connectivity index (χ1) is 17.1. The fraction of sp³-hybridized carbons (Fsp3) is 0.517. The molecular formula is C29H42N2O5. The highest BCUT2D eigenvalue weighted by Crippen LogP contribution is 2.29. The fourth-order valence-electron chi connectivity index (χ4n) is 3.95. The molecule has 36 heavy (non-hydrogen) atoms. The van der Waals surface area contributed by atoms with Gasteiger partial charge in [-0.3, -0.25) is 9.59 Å². The van der Waals surface area contributed by atoms with Gasteiger partial charge in [-0.25, -0.2) is 0 Å². The topological polar surface area (TPSA) is 77.1 Å². The molecule has 1 N–H and O–H groups in total. The van der Waals surface area contributed by atoms with Crippen molar-refractivity contribution in [2.75, 3.05) is 20.3 Å². The molecule has 0 saturated carbocycles. The van der Waals surface area contributed by atoms with E-state index in [1.54, 1.807) is 12.0 Å². The van der Waals surface area contributed by atoms with Crippen LogP contribution in [0.1, 0.15) is 65.5 Å². The summed E-state index contributed by atoms with van der Waals surface area (Å²) in [5, 5.41) is 3.04. The summed E-state index contributed by atoms with van der Waals surface area (Å²) in [7, 11) is 1.62. The molecule has 0 radical (unpaired) electrons. The number of benzene rings is 2. The van der Waals surface area contributed by atoms with E-state index in [9.17, 15) is 9.59 Å². The van der Waals surface area contributed by atoms with E-state index in [1.807, 2.05) is 84.0 Å². The van der Waals surface area contributed by atoms with Crippen LogP contribution in [-0.2, 0) is 22.6 Å². The maximum atomic E-state index is 13.6. The second kappa shape index (κ2) is 13.8. The van der Waals surface area contributed by atoms with E-state index in [-0.39, 0.29) is 18.2 Å². The first-order valence-corrected chi connectivity index (χ1v) is 12.7. The molecule has 0 aromatic heterocycles. The largest absolute Gasteiger partial charge is 0.497 e. The van der Waals surface area contributed by atoms with E-state index < -0.39 is 11.6 Å². The van der Waals surface area contributed by atoms with Crippen molar-refractivity contribution in [1.29, 1.82) is 0 Å². The van der Waals surface area contributed by atoms with Crippen molar-refractivity contribution < 1.29 is 23.8 Å². The van der Waals surface area contributed by atoms with Crippen LogP contribution in [0.3, 0.4) is 0 Å². The molecule has 198 valence electrons. The summed E-state index contributed by atoms with van der Waals surface area (Å²) in [5.41, 5.74) is 1.52. The lowest BCUT2D eigenvalue weighted by molar-refractivity contribution is -0.142. The quantitative estimate of drug-likeness (QED) is 0.413. The van der Waals surface area contributed by atoms with Crippen LogP contribution in [0.4, 0.5) is 0 Å². The van der Waals surface area contributed by atoms with Gasteiger partial charge in [0.2, 0.25) is 11.8 Å². The fourth-order valence-corrected chi connectivity index (χ4v) is 3.95. The van der Waals surface area contributed by atoms with Crippen LogP contribution in [0.5, 0.6) is 17.2 Å². The molecule has 2 aromatic carbocycles. The second-order valence-electron chi connectivity index (χ2n) is 9.68. The number of amides is 2. The van der Waals surface area contributed by atoms with E-state index >= 15 is 0 Å². The van der Waals surface area contributed by atoms with Gasteiger partial charge in [-0.2, -0.15) is 0 Å². The molecule has 0 spiro atoms. The van der Waals surface area contributed by atoms with Gasteiger partial charge in [-0.1, -0.05) is 25.1 Å². The van der Waals surface area contributed by atoms with E-state index in [0.717, 1.165) is 16.9 Å². The summed E-state index contributed by atoms with van der Waals surface area (Å²) in [6.07, 6.45) is 1.32. The number of rotatable bonds is 13. The SMILES string of the molecule is CCOc1ccc(CCC(=O)N(Cc2ccc(OC)cc2)[C@H](CC)C(=O)NC(C)(C)C)cc1OCC. The molecule has 0 fully saturated rings. The molecule has 2 aromatic rings. The van der Waals surface area contributed by atoms with Gasteiger partial charge in [0.1, 0.15) is 11.8 Å². The third-order valence-electron chi connectivity index (χ3n) is 5.63. The molecular weight excluding hydrogens is 456 g/mol. The van der Waals surface area contributed by atoms with Gasteiger partial charge in [-0.05, 0) is 82.9 Å². The minimum atomic E-state index is -0.571. The molecule has 0 saturated heterocycles. The number of hydrogen-bond acceptors (Lipinski definition) is 5. The summed E-state index contributed by atoms with van der Waals surface area (Å²) < 4.78 is 16.6. The Labute approximate surface area is 216 Å². The van der Waals surface area contributed by atoms with Crippen molar-refractivity contribution in [3.63, 3.8) is 0 Å². The van der Waals surface area contributed by atoms with Crippen molar-refractivity contribution >= 4 is 11.8 Å². The molecule has 7 nitrogen and oxygen atoms in total. The Morgan fingerprint density at radius 1 is 0.917 bits per heavy atom. The molecule has 0 bridgehead atoms. The van der Waals surface area contributed by atoms with Crippen LogP contribution >= 0.6 is 0 Å². The van der Waals surface area contributed by atoms with Crippen LogP contribution in [0.2, 0.25) is 0 Å². The average Bonchev–Trinajstić information content (AvgIpc) is 2.83. The summed E-state index contributed by atoms with van der Waals surface area (Å²) in [5.74, 6) is 1.89. The number of nitrogens with zero attached hydrogens (tertiary/aromatic N) is 1. The molecule has 0 aliphatic rings. The third kappa shape index (κ3) is 8.77. The highest BCUT2D eigenvalue weighted by molar-refractivity contribution is 5.88. The first kappa shape index (κ1) is 29.0. The molecule has 0 unspecified atom stereocenters. The number of hydrogen-bond donors (Lipinski definition) is 1. The zero-order valence-corrected chi connectivity index (χ0v) is 22.8. The van der Waals surface area contributed by atoms with Gasteiger partial charge in [0.05, 0.1) is 20.3 Å². The van der Waals surface area contributed by atoms with Crippen LogP contribution in [0, 0.1) is 0 Å². The minimum absolute atomic E-state index is 0.0754. The van der Waals surface area contributed by atoms with Gasteiger partial charge in [0, 0.05) is 18.5 Å². The molecule has 0 aliphatic carbocycles. The highest BCUT2D eigenvalue weighted by Gasteiger charge is 2.30. The van der Waals surface area contributed by atoms with Crippen molar-refractivity contribution in [2.45, 2.75) is 78.9 Å². The lowest BCUT2D eigenvalue weighted by atomic mass is 10.0. The Morgan fingerprint density at radius 3 is 2.08 bits per heavy atom. The van der Waals surface area contributed by atoms with Crippen molar-refractivity contribution in [2.24, 2.45) is 0 Å². The Kier molecular flexibility index (Phi) is 11.1. The Hall–Kier alpha value is -3.22. The second-order valence-corrected chi connectivity index (χ2v) is 9.68. The maximum Gasteiger partial charge on any atom is 0.243 e. The van der Waals surface area contributed by atoms with Crippen molar-refractivity contribution in [1.82, 2.24) is 10.2 Å². The van der Waals surface area contributed by atoms with Gasteiger partial charge in [0.25, 0.3) is 0 Å². The van der Waals surface area contributed by atoms with Crippen molar-refractivity contribution in [3.05, 3.63) is 53.6 Å². The smallest absolute Gasteiger partial charge is 0.243 e. The minimum Gasteiger partial charge on any atom is -0.497 e. The molecule has 0 heterocycles. The predicted molar refractivity (Wildman–Crippen MR) is 143 cm³/mol. The van der Waals surface area contributed by atoms with Gasteiger partial charge in [-0.15, -0.1) is 0 Å². The Morgan fingerprint density at radius 2 is 1.53 bits per heavy atom. The molecule has 2 rings (SSSR count). The monoisotopic (exact) mass is 498 g/mol. The summed E-state index contributed by atoms with van der Waals surface area (Å²) in [6.45, 7) is 13.0. The van der Waals surface area contributed by atoms with Crippen LogP contribution in [0.25, 0.3) is 0 Å². The average molecular weight is 499 g/mol. The van der Waals surface area contributed by atoms with Crippen molar-refractivity contribution in [3.8, 4) is 17.2 Å². The molecule has 1 atom stereocenters. The number of carbonyl (C=O) groups is 2. The Balaban J connectivity index is 2.25. The molecule has 0 aliphatic heterocycles. The van der Waals surface area contributed by atoms with E-state index in [4.69, 9.17) is 14.2 Å². The number of methoxy groups -OCH3 is 1. The summed E-state index contributed by atoms with van der Waals surface area (Å²) >= 11 is 0. The Bertz CT molecular complexity index is 982. The number of ether oxygens (including phenoxy) is 3. The van der Waals surface area contributed by atoms with Gasteiger partial charge < -0.3 is 24.4 Å². The lowest BCUT2D eigenvalue weighted by Crippen LogP contribution is -2.53. The zero-order chi connectivity index (χ0) is 26.7. The maximum absolute atomic E-state index is 13.6. The number of nitrogens with one attached hydrogen (secondary N) is 1. The van der Waals surface area contributed by atoms with Gasteiger partial charge in [0.15, 0.2) is 11.5 Å². The summed E-state index contributed by atoms with van der Waals surface area (Å²) in [6, 6.07) is 12.8. The number of carbonyl (C=O) groups excluding carboxylic acids is 2. The van der Waals surface area contributed by atoms with Gasteiger partial charge >= 0.3 is 0 Å². The number of aryl methyl sites for hydroxylation is 1. The third-order valence-corrected chi connectivity index (χ3v) is 5.63. The molecule has 2 amide bonds. The normalized spacial score (nSPS) is 12.0. The van der Waals surface area contributed by atoms with E-state index in [2.05, 4.69) is 5.32 Å². The van der Waals surface area contributed by atoms with E-state index in [0.29, 0.717) is 44.1 Å². The van der Waals surface area contributed by atoms with Crippen LogP contribution < -0.4 is 19.5 Å². The standard InChI is InChI=1S/C29H42N2O5/c1-8-24(28(33)30-29(4,5)6)31(20-22-11-15-23(34-7)16-12-22)27(32)18-14-21-13-17-25(35-9-2)26(19-21)36-10-3/h11-13,15-17,19,24H,8-10,14,18,20H2,1-7H3,(H,30,33)/t24-/m1/s1. The highest BCUT2D eigenvalue weighted by atomic mass is 16.5. The van der Waals surface area contributed by atoms with Crippen LogP contribution in [-0.4, -0.2) is 48.6 Å². The lowest BCUT2D eigenvalue weighted by Gasteiger charge is -2.33. The first-order valence-electron chi connectivity index (χ1n) is 12.7. The predicted octanol–water partition coefficient (Wildman–Crippen LogP) is 5.15. The van der Waals surface area contributed by atoms with E-state index in [1.165, 1.54) is 0 Å². The molecule has 7 heteroatoms. The summed E-state index contributed by atoms with van der Waals surface area (Å²) in [4.78, 5) is 28.4. The zero-order valence-electron chi connectivity index (χ0n) is 22.8.